The van der Waals surface area contributed by atoms with Crippen LogP contribution in [0.2, 0.25) is 0 Å². The van der Waals surface area contributed by atoms with E-state index < -0.39 is 0 Å². The van der Waals surface area contributed by atoms with Gasteiger partial charge in [-0.1, -0.05) is 26.8 Å². The third kappa shape index (κ3) is 0.921. The van der Waals surface area contributed by atoms with Gasteiger partial charge in [-0.15, -0.1) is 0 Å². The monoisotopic (exact) mass is 229 g/mol. The minimum atomic E-state index is -0.370. The highest BCUT2D eigenvalue weighted by atomic mass is 16.1. The fourth-order valence-electron chi connectivity index (χ4n) is 4.94. The van der Waals surface area contributed by atoms with Crippen molar-refractivity contribution >= 4 is 5.78 Å². The maximum absolute atomic E-state index is 12.0. The number of carbonyl (C=O) groups is 1. The number of ketones is 1. The molecule has 0 aromatic heterocycles. The topological polar surface area (TPSA) is 40.9 Å². The van der Waals surface area contributed by atoms with E-state index in [1.54, 1.807) is 6.08 Å². The van der Waals surface area contributed by atoms with Crippen molar-refractivity contribution in [3.63, 3.8) is 0 Å². The largest absolute Gasteiger partial charge is 0.294 e. The molecule has 2 fully saturated rings. The van der Waals surface area contributed by atoms with Gasteiger partial charge in [-0.3, -0.25) is 4.79 Å². The van der Waals surface area contributed by atoms with Crippen LogP contribution in [0.4, 0.5) is 0 Å². The van der Waals surface area contributed by atoms with Gasteiger partial charge in [0.25, 0.3) is 0 Å². The molecular weight excluding hydrogens is 210 g/mol. The van der Waals surface area contributed by atoms with Gasteiger partial charge in [0.1, 0.15) is 0 Å². The van der Waals surface area contributed by atoms with E-state index in [1.807, 2.05) is 0 Å². The Morgan fingerprint density at radius 1 is 1.47 bits per heavy atom. The van der Waals surface area contributed by atoms with Crippen LogP contribution in [-0.4, -0.2) is 5.78 Å². The smallest absolute Gasteiger partial charge is 0.161 e. The first-order valence-electron chi connectivity index (χ1n) is 6.66. The van der Waals surface area contributed by atoms with Crippen LogP contribution in [0.5, 0.6) is 0 Å². The number of hydrogen-bond donors (Lipinski definition) is 0. The maximum Gasteiger partial charge on any atom is 0.161 e. The first-order chi connectivity index (χ1) is 8.02. The minimum Gasteiger partial charge on any atom is -0.294 e. The van der Waals surface area contributed by atoms with Crippen LogP contribution >= 0.6 is 0 Å². The van der Waals surface area contributed by atoms with E-state index in [2.05, 4.69) is 32.9 Å². The number of fused-ring (bicyclic) bond motifs is 1. The Balaban J connectivity index is 2.13. The Kier molecular flexibility index (Phi) is 1.95. The van der Waals surface area contributed by atoms with Gasteiger partial charge in [-0.05, 0) is 36.7 Å². The second-order valence-corrected chi connectivity index (χ2v) is 6.41. The summed E-state index contributed by atoms with van der Waals surface area (Å²) in [5.74, 6) is 1.54. The van der Waals surface area contributed by atoms with Gasteiger partial charge in [0.2, 0.25) is 0 Å². The van der Waals surface area contributed by atoms with Crippen molar-refractivity contribution in [2.75, 3.05) is 0 Å². The number of rotatable bonds is 1. The Morgan fingerprint density at radius 2 is 2.18 bits per heavy atom. The highest BCUT2D eigenvalue weighted by Gasteiger charge is 2.85. The quantitative estimate of drug-likeness (QED) is 0.693. The van der Waals surface area contributed by atoms with Crippen LogP contribution in [0.25, 0.3) is 0 Å². The molecule has 2 heteroatoms. The van der Waals surface area contributed by atoms with Crippen molar-refractivity contribution < 1.29 is 4.79 Å². The van der Waals surface area contributed by atoms with Crippen LogP contribution in [0.1, 0.15) is 33.6 Å². The summed E-state index contributed by atoms with van der Waals surface area (Å²) in [6.45, 7) is 6.59. The third-order valence-corrected chi connectivity index (χ3v) is 5.67. The van der Waals surface area contributed by atoms with Crippen LogP contribution in [0, 0.1) is 45.8 Å². The van der Waals surface area contributed by atoms with E-state index in [4.69, 9.17) is 0 Å². The lowest BCUT2D eigenvalue weighted by molar-refractivity contribution is -0.116. The third-order valence-electron chi connectivity index (χ3n) is 5.67. The summed E-state index contributed by atoms with van der Waals surface area (Å²) in [6, 6.07) is 2.57. The van der Waals surface area contributed by atoms with E-state index in [0.717, 1.165) is 12.8 Å². The second-order valence-electron chi connectivity index (χ2n) is 6.41. The molecule has 0 amide bonds. The molecule has 2 saturated carbocycles. The lowest BCUT2D eigenvalue weighted by atomic mass is 9.64. The molecule has 0 radical (unpaired) electrons. The molecule has 5 atom stereocenters. The van der Waals surface area contributed by atoms with E-state index in [9.17, 15) is 10.1 Å². The Morgan fingerprint density at radius 3 is 2.76 bits per heavy atom. The fraction of sp³-hybridized carbons (Fsp3) is 0.733. The van der Waals surface area contributed by atoms with Crippen molar-refractivity contribution in [1.82, 2.24) is 0 Å². The van der Waals surface area contributed by atoms with Crippen molar-refractivity contribution in [1.29, 1.82) is 5.26 Å². The van der Waals surface area contributed by atoms with Crippen molar-refractivity contribution in [2.24, 2.45) is 34.5 Å². The molecule has 0 aliphatic heterocycles. The second kappa shape index (κ2) is 3.02. The molecule has 0 saturated heterocycles. The zero-order valence-corrected chi connectivity index (χ0v) is 10.7. The molecule has 0 aromatic carbocycles. The highest BCUT2D eigenvalue weighted by Crippen LogP contribution is 2.82. The van der Waals surface area contributed by atoms with Crippen molar-refractivity contribution in [3.05, 3.63) is 12.2 Å². The van der Waals surface area contributed by atoms with E-state index >= 15 is 0 Å². The molecule has 0 heterocycles. The number of allylic oxidation sites excluding steroid dienone is 2. The molecule has 3 aliphatic carbocycles. The number of nitrogens with zero attached hydrogens (tertiary/aromatic N) is 1. The molecule has 2 nitrogen and oxygen atoms in total. The van der Waals surface area contributed by atoms with Gasteiger partial charge in [0, 0.05) is 5.41 Å². The number of hydrogen-bond acceptors (Lipinski definition) is 2. The Hall–Kier alpha value is -1.10. The molecule has 0 aromatic rings. The number of carbonyl (C=O) groups excluding carboxylic acids is 1. The van der Waals surface area contributed by atoms with Crippen LogP contribution < -0.4 is 0 Å². The van der Waals surface area contributed by atoms with Gasteiger partial charge in [0.05, 0.1) is 17.4 Å². The summed E-state index contributed by atoms with van der Waals surface area (Å²) >= 11 is 0. The van der Waals surface area contributed by atoms with E-state index in [-0.39, 0.29) is 22.5 Å². The summed E-state index contributed by atoms with van der Waals surface area (Å²) in [6.07, 6.45) is 6.05. The molecular formula is C15H19NO. The number of nitriles is 1. The summed E-state index contributed by atoms with van der Waals surface area (Å²) in [7, 11) is 0. The van der Waals surface area contributed by atoms with Crippen molar-refractivity contribution in [2.45, 2.75) is 33.6 Å². The summed E-state index contributed by atoms with van der Waals surface area (Å²) < 4.78 is 0. The van der Waals surface area contributed by atoms with Gasteiger partial charge >= 0.3 is 0 Å². The van der Waals surface area contributed by atoms with Gasteiger partial charge in [0.15, 0.2) is 5.78 Å². The molecule has 1 spiro atoms. The predicted molar refractivity (Wildman–Crippen MR) is 64.8 cm³/mol. The molecule has 3 rings (SSSR count). The van der Waals surface area contributed by atoms with Crippen LogP contribution in [0.15, 0.2) is 12.2 Å². The average Bonchev–Trinajstić information content (AvgIpc) is 2.77. The fourth-order valence-corrected chi connectivity index (χ4v) is 4.94. The SMILES string of the molecule is CC(C)[C@@H]1CC[C@@H](C)[C@@]23C=CC(=O)[C@@H]2[C@@]13C#N. The maximum atomic E-state index is 12.0. The predicted octanol–water partition coefficient (Wildman–Crippen LogP) is 2.95. The van der Waals surface area contributed by atoms with Crippen molar-refractivity contribution in [3.8, 4) is 6.07 Å². The van der Waals surface area contributed by atoms with E-state index in [1.165, 1.54) is 0 Å². The molecule has 17 heavy (non-hydrogen) atoms. The van der Waals surface area contributed by atoms with Crippen LogP contribution in [0.3, 0.4) is 0 Å². The summed E-state index contributed by atoms with van der Waals surface area (Å²) in [4.78, 5) is 12.0. The van der Waals surface area contributed by atoms with Gasteiger partial charge in [-0.2, -0.15) is 5.26 Å². The molecule has 0 bridgehead atoms. The minimum absolute atomic E-state index is 0.0232. The average molecular weight is 229 g/mol. The van der Waals surface area contributed by atoms with Crippen LogP contribution in [-0.2, 0) is 4.79 Å². The lowest BCUT2D eigenvalue weighted by Crippen LogP contribution is -2.34. The summed E-state index contributed by atoms with van der Waals surface area (Å²) in [5, 5.41) is 9.71. The standard InChI is InChI=1S/C15H19NO/c1-9(2)11-5-4-10(3)14-7-6-12(17)13(14)15(11,14)8-16/h6-7,9-11,13H,4-5H2,1-3H3/t10-,11+,13+,14+,15-/m1/s1. The van der Waals surface area contributed by atoms with E-state index in [0.29, 0.717) is 17.8 Å². The summed E-state index contributed by atoms with van der Waals surface area (Å²) in [5.41, 5.74) is -0.476. The van der Waals surface area contributed by atoms with Gasteiger partial charge < -0.3 is 0 Å². The highest BCUT2D eigenvalue weighted by molar-refractivity contribution is 6.01. The molecule has 0 N–H and O–H groups in total. The lowest BCUT2D eigenvalue weighted by Gasteiger charge is -2.38. The first-order valence-corrected chi connectivity index (χ1v) is 6.66. The Labute approximate surface area is 103 Å². The first kappa shape index (κ1) is 11.0. The zero-order chi connectivity index (χ0) is 12.4. The zero-order valence-electron chi connectivity index (χ0n) is 10.7. The molecule has 3 aliphatic rings. The molecule has 90 valence electrons. The van der Waals surface area contributed by atoms with Gasteiger partial charge in [-0.25, -0.2) is 0 Å². The normalized spacial score (nSPS) is 51.0. The Bertz CT molecular complexity index is 458. The molecule has 0 unspecified atom stereocenters.